The Morgan fingerprint density at radius 3 is 2.56 bits per heavy atom. The monoisotopic (exact) mass is 405 g/mol. The van der Waals surface area contributed by atoms with Gasteiger partial charge in [0.05, 0.1) is 13.2 Å². The van der Waals surface area contributed by atoms with Gasteiger partial charge in [0.1, 0.15) is 0 Å². The van der Waals surface area contributed by atoms with E-state index in [-0.39, 0.29) is 11.6 Å². The SMILES string of the molecule is CCOc1ccc(/C=C2\N=C(c3ccc(Br)o3)OC2=O)cc1OCC. The molecular weight excluding hydrogens is 390 g/mol. The van der Waals surface area contributed by atoms with Crippen molar-refractivity contribution < 1.29 is 23.4 Å². The number of ether oxygens (including phenoxy) is 3. The molecule has 0 aliphatic carbocycles. The van der Waals surface area contributed by atoms with Crippen LogP contribution < -0.4 is 9.47 Å². The van der Waals surface area contributed by atoms with Gasteiger partial charge in [-0.15, -0.1) is 0 Å². The van der Waals surface area contributed by atoms with Crippen LogP contribution in [0.5, 0.6) is 11.5 Å². The molecular formula is C18H16BrNO5. The standard InChI is InChI=1S/C18H16BrNO5/c1-3-22-13-6-5-11(10-15(13)23-4-2)9-12-18(21)25-17(20-12)14-7-8-16(19)24-14/h5-10H,3-4H2,1-2H3/b12-9-. The molecule has 0 saturated heterocycles. The van der Waals surface area contributed by atoms with Crippen LogP contribution in [0.25, 0.3) is 6.08 Å². The second-order valence-corrected chi connectivity index (χ2v) is 5.79. The van der Waals surface area contributed by atoms with Crippen LogP contribution in [0.1, 0.15) is 25.2 Å². The molecule has 25 heavy (non-hydrogen) atoms. The highest BCUT2D eigenvalue weighted by molar-refractivity contribution is 9.10. The largest absolute Gasteiger partial charge is 0.490 e. The zero-order chi connectivity index (χ0) is 17.8. The van der Waals surface area contributed by atoms with E-state index in [1.807, 2.05) is 19.9 Å². The smallest absolute Gasteiger partial charge is 0.363 e. The molecule has 0 amide bonds. The second-order valence-electron chi connectivity index (χ2n) is 5.01. The number of hydrogen-bond donors (Lipinski definition) is 0. The topological polar surface area (TPSA) is 70.3 Å². The molecule has 1 aromatic heterocycles. The summed E-state index contributed by atoms with van der Waals surface area (Å²) < 4.78 is 22.2. The number of carbonyl (C=O) groups excluding carboxylic acids is 1. The Morgan fingerprint density at radius 2 is 1.88 bits per heavy atom. The minimum atomic E-state index is -0.533. The molecule has 0 fully saturated rings. The molecule has 0 bridgehead atoms. The van der Waals surface area contributed by atoms with Crippen LogP contribution in [0.15, 0.2) is 50.1 Å². The Labute approximate surface area is 153 Å². The van der Waals surface area contributed by atoms with Crippen LogP contribution >= 0.6 is 15.9 Å². The van der Waals surface area contributed by atoms with E-state index in [9.17, 15) is 4.79 Å². The van der Waals surface area contributed by atoms with Crippen molar-refractivity contribution in [2.75, 3.05) is 13.2 Å². The van der Waals surface area contributed by atoms with Crippen molar-refractivity contribution in [3.63, 3.8) is 0 Å². The lowest BCUT2D eigenvalue weighted by Gasteiger charge is -2.11. The minimum absolute atomic E-state index is 0.137. The third-order valence-electron chi connectivity index (χ3n) is 3.28. The van der Waals surface area contributed by atoms with Crippen LogP contribution in [0.4, 0.5) is 0 Å². The molecule has 0 N–H and O–H groups in total. The van der Waals surface area contributed by atoms with Crippen LogP contribution in [-0.2, 0) is 9.53 Å². The number of furan rings is 1. The van der Waals surface area contributed by atoms with Gasteiger partial charge in [0.25, 0.3) is 5.90 Å². The average molecular weight is 406 g/mol. The summed E-state index contributed by atoms with van der Waals surface area (Å²) in [7, 11) is 0. The molecule has 0 unspecified atom stereocenters. The number of hydrogen-bond acceptors (Lipinski definition) is 6. The van der Waals surface area contributed by atoms with Crippen molar-refractivity contribution in [2.45, 2.75) is 13.8 Å². The fourth-order valence-electron chi connectivity index (χ4n) is 2.26. The predicted molar refractivity (Wildman–Crippen MR) is 95.8 cm³/mol. The van der Waals surface area contributed by atoms with E-state index < -0.39 is 5.97 Å². The van der Waals surface area contributed by atoms with Crippen molar-refractivity contribution in [3.8, 4) is 11.5 Å². The van der Waals surface area contributed by atoms with Gasteiger partial charge in [-0.3, -0.25) is 0 Å². The Morgan fingerprint density at radius 1 is 1.12 bits per heavy atom. The molecule has 7 heteroatoms. The first-order valence-corrected chi connectivity index (χ1v) is 8.58. The van der Waals surface area contributed by atoms with E-state index in [0.717, 1.165) is 5.56 Å². The lowest BCUT2D eigenvalue weighted by molar-refractivity contribution is -0.130. The van der Waals surface area contributed by atoms with Crippen molar-refractivity contribution in [1.29, 1.82) is 0 Å². The van der Waals surface area contributed by atoms with E-state index in [1.165, 1.54) is 0 Å². The Balaban J connectivity index is 1.90. The highest BCUT2D eigenvalue weighted by atomic mass is 79.9. The fraction of sp³-hybridized carbons (Fsp3) is 0.222. The molecule has 2 aromatic rings. The predicted octanol–water partition coefficient (Wildman–Crippen LogP) is 4.18. The molecule has 0 saturated carbocycles. The minimum Gasteiger partial charge on any atom is -0.490 e. The summed E-state index contributed by atoms with van der Waals surface area (Å²) in [5, 5.41) is 0. The fourth-order valence-corrected chi connectivity index (χ4v) is 2.57. The summed E-state index contributed by atoms with van der Waals surface area (Å²) >= 11 is 3.20. The molecule has 2 heterocycles. The number of halogens is 1. The van der Waals surface area contributed by atoms with Crippen LogP contribution in [0.3, 0.4) is 0 Å². The van der Waals surface area contributed by atoms with E-state index in [0.29, 0.717) is 35.1 Å². The van der Waals surface area contributed by atoms with Gasteiger partial charge in [0.15, 0.2) is 27.6 Å². The number of esters is 1. The van der Waals surface area contributed by atoms with Crippen LogP contribution in [-0.4, -0.2) is 25.1 Å². The lowest BCUT2D eigenvalue weighted by atomic mass is 10.1. The van der Waals surface area contributed by atoms with Gasteiger partial charge >= 0.3 is 5.97 Å². The van der Waals surface area contributed by atoms with Crippen LogP contribution in [0.2, 0.25) is 0 Å². The molecule has 130 valence electrons. The Kier molecular flexibility index (Phi) is 5.23. The molecule has 1 aliphatic heterocycles. The van der Waals surface area contributed by atoms with Gasteiger partial charge in [-0.05, 0) is 65.7 Å². The molecule has 0 atom stereocenters. The maximum Gasteiger partial charge on any atom is 0.363 e. The first-order chi connectivity index (χ1) is 12.1. The first kappa shape index (κ1) is 17.3. The third-order valence-corrected chi connectivity index (χ3v) is 3.70. The summed E-state index contributed by atoms with van der Waals surface area (Å²) in [6, 6.07) is 8.80. The van der Waals surface area contributed by atoms with Gasteiger partial charge in [-0.1, -0.05) is 6.07 Å². The Bertz CT molecular complexity index is 853. The molecule has 0 spiro atoms. The quantitative estimate of drug-likeness (QED) is 0.532. The molecule has 1 aromatic carbocycles. The summed E-state index contributed by atoms with van der Waals surface area (Å²) in [5.41, 5.74) is 0.943. The van der Waals surface area contributed by atoms with Gasteiger partial charge in [-0.25, -0.2) is 9.79 Å². The zero-order valence-corrected chi connectivity index (χ0v) is 15.3. The zero-order valence-electron chi connectivity index (χ0n) is 13.7. The van der Waals surface area contributed by atoms with Crippen molar-refractivity contribution in [1.82, 2.24) is 0 Å². The summed E-state index contributed by atoms with van der Waals surface area (Å²) in [4.78, 5) is 16.2. The van der Waals surface area contributed by atoms with Crippen molar-refractivity contribution in [2.24, 2.45) is 4.99 Å². The molecule has 1 aliphatic rings. The highest BCUT2D eigenvalue weighted by Crippen LogP contribution is 2.30. The number of nitrogens with zero attached hydrogens (tertiary/aromatic N) is 1. The summed E-state index contributed by atoms with van der Waals surface area (Å²) in [6.45, 7) is 4.85. The lowest BCUT2D eigenvalue weighted by Crippen LogP contribution is -2.04. The van der Waals surface area contributed by atoms with Gasteiger partial charge in [0, 0.05) is 0 Å². The van der Waals surface area contributed by atoms with Crippen LogP contribution in [0, 0.1) is 0 Å². The molecule has 6 nitrogen and oxygen atoms in total. The van der Waals surface area contributed by atoms with E-state index in [4.69, 9.17) is 18.6 Å². The van der Waals surface area contributed by atoms with Gasteiger partial charge in [0.2, 0.25) is 0 Å². The maximum atomic E-state index is 12.0. The summed E-state index contributed by atoms with van der Waals surface area (Å²) in [5.74, 6) is 1.26. The first-order valence-electron chi connectivity index (χ1n) is 7.78. The van der Waals surface area contributed by atoms with Crippen molar-refractivity contribution in [3.05, 3.63) is 52.0 Å². The number of cyclic esters (lactones) is 1. The van der Waals surface area contributed by atoms with Crippen molar-refractivity contribution >= 4 is 33.9 Å². The Hall–Kier alpha value is -2.54. The molecule has 3 rings (SSSR count). The van der Waals surface area contributed by atoms with Gasteiger partial charge < -0.3 is 18.6 Å². The molecule has 0 radical (unpaired) electrons. The van der Waals surface area contributed by atoms with E-state index >= 15 is 0 Å². The van der Waals surface area contributed by atoms with E-state index in [1.54, 1.807) is 30.3 Å². The average Bonchev–Trinajstić information content (AvgIpc) is 3.17. The number of rotatable bonds is 6. The second kappa shape index (κ2) is 7.57. The highest BCUT2D eigenvalue weighted by Gasteiger charge is 2.26. The normalized spacial score (nSPS) is 15.2. The third kappa shape index (κ3) is 3.93. The van der Waals surface area contributed by atoms with E-state index in [2.05, 4.69) is 20.9 Å². The maximum absolute atomic E-state index is 12.0. The number of carbonyl (C=O) groups is 1. The number of aliphatic imine (C=N–C) groups is 1. The number of benzene rings is 1. The van der Waals surface area contributed by atoms with Gasteiger partial charge in [-0.2, -0.15) is 0 Å². The summed E-state index contributed by atoms with van der Waals surface area (Å²) in [6.07, 6.45) is 1.63.